The van der Waals surface area contributed by atoms with Gasteiger partial charge in [0.25, 0.3) is 0 Å². The van der Waals surface area contributed by atoms with Gasteiger partial charge in [-0.05, 0) is 55.7 Å². The molecule has 0 aromatic heterocycles. The highest BCUT2D eigenvalue weighted by atomic mass is 79.9. The third-order valence-electron chi connectivity index (χ3n) is 5.97. The maximum absolute atomic E-state index is 3.53. The zero-order valence-corrected chi connectivity index (χ0v) is 20.5. The topological polar surface area (TPSA) is 0 Å². The molecule has 3 aromatic carbocycles. The molecule has 0 aliphatic rings. The van der Waals surface area contributed by atoms with Crippen molar-refractivity contribution >= 4 is 39.1 Å². The van der Waals surface area contributed by atoms with Gasteiger partial charge in [-0.3, -0.25) is 0 Å². The van der Waals surface area contributed by atoms with E-state index in [-0.39, 0.29) is 0 Å². The maximum Gasteiger partial charge on any atom is 0.112 e. The SMILES string of the molecule is BrCCCCCCCCCC[P+](c1ccccc1)(c1ccccc1)c1ccccc1. The predicted octanol–water partition coefficient (Wildman–Crippen LogP) is 7.50. The second-order valence-electron chi connectivity index (χ2n) is 8.06. The van der Waals surface area contributed by atoms with Crippen molar-refractivity contribution in [1.29, 1.82) is 0 Å². The number of hydrogen-bond donors (Lipinski definition) is 0. The third kappa shape index (κ3) is 6.29. The molecule has 158 valence electrons. The van der Waals surface area contributed by atoms with Crippen LogP contribution in [0.15, 0.2) is 91.0 Å². The number of hydrogen-bond acceptors (Lipinski definition) is 0. The second kappa shape index (κ2) is 13.1. The molecule has 0 unspecified atom stereocenters. The molecule has 0 nitrogen and oxygen atoms in total. The van der Waals surface area contributed by atoms with Crippen LogP contribution < -0.4 is 15.9 Å². The summed E-state index contributed by atoms with van der Waals surface area (Å²) in [6.45, 7) is 0. The highest BCUT2D eigenvalue weighted by Gasteiger charge is 2.44. The molecular formula is C28H35BrP+. The summed E-state index contributed by atoms with van der Waals surface area (Å²) in [5.41, 5.74) is 0. The average molecular weight is 482 g/mol. The summed E-state index contributed by atoms with van der Waals surface area (Å²) >= 11 is 3.53. The summed E-state index contributed by atoms with van der Waals surface area (Å²) in [5, 5.41) is 5.68. The lowest BCUT2D eigenvalue weighted by molar-refractivity contribution is 0.588. The molecule has 0 aliphatic heterocycles. The van der Waals surface area contributed by atoms with Crippen LogP contribution in [0.3, 0.4) is 0 Å². The summed E-state index contributed by atoms with van der Waals surface area (Å²) in [6, 6.07) is 33.8. The van der Waals surface area contributed by atoms with E-state index < -0.39 is 7.26 Å². The minimum atomic E-state index is -1.63. The minimum Gasteiger partial charge on any atom is -0.0928 e. The van der Waals surface area contributed by atoms with Crippen LogP contribution >= 0.6 is 23.2 Å². The number of unbranched alkanes of at least 4 members (excludes halogenated alkanes) is 7. The first kappa shape index (κ1) is 23.2. The van der Waals surface area contributed by atoms with E-state index in [9.17, 15) is 0 Å². The highest BCUT2D eigenvalue weighted by molar-refractivity contribution is 9.09. The molecule has 0 N–H and O–H groups in total. The van der Waals surface area contributed by atoms with Crippen LogP contribution in [0.1, 0.15) is 51.4 Å². The van der Waals surface area contributed by atoms with E-state index in [0.29, 0.717) is 0 Å². The molecule has 0 radical (unpaired) electrons. The molecule has 3 rings (SSSR count). The van der Waals surface area contributed by atoms with Gasteiger partial charge in [0, 0.05) is 5.33 Å². The van der Waals surface area contributed by atoms with Gasteiger partial charge in [0.1, 0.15) is 23.2 Å². The molecule has 0 bridgehead atoms. The number of rotatable bonds is 13. The van der Waals surface area contributed by atoms with Gasteiger partial charge >= 0.3 is 0 Å². The first-order valence-electron chi connectivity index (χ1n) is 11.5. The normalized spacial score (nSPS) is 11.5. The fraction of sp³-hybridized carbons (Fsp3) is 0.357. The lowest BCUT2D eigenvalue weighted by Crippen LogP contribution is -2.33. The van der Waals surface area contributed by atoms with E-state index in [1.54, 1.807) is 0 Å². The number of alkyl halides is 1. The predicted molar refractivity (Wildman–Crippen MR) is 141 cm³/mol. The molecule has 0 aliphatic carbocycles. The summed E-state index contributed by atoms with van der Waals surface area (Å²) in [7, 11) is -1.63. The fourth-order valence-electron chi connectivity index (χ4n) is 4.39. The second-order valence-corrected chi connectivity index (χ2v) is 12.5. The average Bonchev–Trinajstić information content (AvgIpc) is 2.82. The molecule has 0 spiro atoms. The Morgan fingerprint density at radius 2 is 0.767 bits per heavy atom. The van der Waals surface area contributed by atoms with Crippen LogP contribution in [0.25, 0.3) is 0 Å². The Morgan fingerprint density at radius 3 is 1.13 bits per heavy atom. The van der Waals surface area contributed by atoms with E-state index in [4.69, 9.17) is 0 Å². The van der Waals surface area contributed by atoms with Crippen molar-refractivity contribution in [2.45, 2.75) is 51.4 Å². The summed E-state index contributed by atoms with van der Waals surface area (Å²) in [6.07, 6.45) is 12.1. The van der Waals surface area contributed by atoms with Gasteiger partial charge in [0.05, 0.1) is 6.16 Å². The zero-order chi connectivity index (χ0) is 20.9. The summed E-state index contributed by atoms with van der Waals surface area (Å²) in [5.74, 6) is 0. The lowest BCUT2D eigenvalue weighted by Gasteiger charge is -2.27. The van der Waals surface area contributed by atoms with E-state index in [1.807, 2.05) is 0 Å². The first-order valence-corrected chi connectivity index (χ1v) is 14.6. The molecule has 2 heteroatoms. The van der Waals surface area contributed by atoms with Crippen molar-refractivity contribution in [3.8, 4) is 0 Å². The Labute approximate surface area is 192 Å². The minimum absolute atomic E-state index is 1.15. The van der Waals surface area contributed by atoms with Crippen molar-refractivity contribution in [2.24, 2.45) is 0 Å². The molecular weight excluding hydrogens is 447 g/mol. The van der Waals surface area contributed by atoms with Crippen molar-refractivity contribution in [2.75, 3.05) is 11.5 Å². The van der Waals surface area contributed by atoms with E-state index in [2.05, 4.69) is 107 Å². The molecule has 0 heterocycles. The highest BCUT2D eigenvalue weighted by Crippen LogP contribution is 2.55. The van der Waals surface area contributed by atoms with Gasteiger partial charge in [0.15, 0.2) is 0 Å². The van der Waals surface area contributed by atoms with Crippen LogP contribution in [-0.4, -0.2) is 11.5 Å². The molecule has 0 fully saturated rings. The first-order chi connectivity index (χ1) is 14.9. The molecule has 0 amide bonds. The Bertz CT molecular complexity index is 720. The largest absolute Gasteiger partial charge is 0.112 e. The zero-order valence-electron chi connectivity index (χ0n) is 18.1. The van der Waals surface area contributed by atoms with Gasteiger partial charge in [-0.1, -0.05) is 103 Å². The number of halogens is 1. The van der Waals surface area contributed by atoms with Crippen molar-refractivity contribution in [1.82, 2.24) is 0 Å². The molecule has 0 atom stereocenters. The monoisotopic (exact) mass is 481 g/mol. The standard InChI is InChI=1S/C28H35BrP/c29-24-16-5-3-1-2-4-6-17-25-30(26-18-10-7-11-19-26,27-20-12-8-13-21-27)28-22-14-9-15-23-28/h7-15,18-23H,1-6,16-17,24-25H2/q+1. The van der Waals surface area contributed by atoms with E-state index in [0.717, 1.165) is 5.33 Å². The van der Waals surface area contributed by atoms with E-state index >= 15 is 0 Å². The fourth-order valence-corrected chi connectivity index (χ4v) is 9.19. The van der Waals surface area contributed by atoms with Gasteiger partial charge in [-0.25, -0.2) is 0 Å². The Morgan fingerprint density at radius 1 is 0.433 bits per heavy atom. The van der Waals surface area contributed by atoms with Crippen LogP contribution in [0, 0.1) is 0 Å². The van der Waals surface area contributed by atoms with Gasteiger partial charge in [0.2, 0.25) is 0 Å². The van der Waals surface area contributed by atoms with Crippen LogP contribution in [0.5, 0.6) is 0 Å². The van der Waals surface area contributed by atoms with Crippen LogP contribution in [0.2, 0.25) is 0 Å². The third-order valence-corrected chi connectivity index (χ3v) is 11.1. The van der Waals surface area contributed by atoms with Gasteiger partial charge in [-0.2, -0.15) is 0 Å². The van der Waals surface area contributed by atoms with Gasteiger partial charge < -0.3 is 0 Å². The van der Waals surface area contributed by atoms with Crippen molar-refractivity contribution < 1.29 is 0 Å². The smallest absolute Gasteiger partial charge is 0.0928 e. The lowest BCUT2D eigenvalue weighted by atomic mass is 10.1. The molecule has 0 saturated heterocycles. The van der Waals surface area contributed by atoms with E-state index in [1.165, 1.54) is 73.4 Å². The van der Waals surface area contributed by atoms with Crippen LogP contribution in [0.4, 0.5) is 0 Å². The number of benzene rings is 3. The van der Waals surface area contributed by atoms with Crippen molar-refractivity contribution in [3.63, 3.8) is 0 Å². The Hall–Kier alpha value is -1.43. The Balaban J connectivity index is 1.77. The maximum atomic E-state index is 3.53. The summed E-state index contributed by atoms with van der Waals surface area (Å²) in [4.78, 5) is 0. The molecule has 0 saturated carbocycles. The summed E-state index contributed by atoms with van der Waals surface area (Å²) < 4.78 is 0. The molecule has 30 heavy (non-hydrogen) atoms. The van der Waals surface area contributed by atoms with Gasteiger partial charge in [-0.15, -0.1) is 0 Å². The molecule has 3 aromatic rings. The quantitative estimate of drug-likeness (QED) is 0.134. The van der Waals surface area contributed by atoms with Crippen LogP contribution in [-0.2, 0) is 0 Å². The van der Waals surface area contributed by atoms with Crippen molar-refractivity contribution in [3.05, 3.63) is 91.0 Å². The Kier molecular flexibility index (Phi) is 10.1.